The summed E-state index contributed by atoms with van der Waals surface area (Å²) in [6, 6.07) is 0. The minimum Gasteiger partial charge on any atom is -0.391 e. The maximum absolute atomic E-state index is 9.33. The summed E-state index contributed by atoms with van der Waals surface area (Å²) in [5.74, 6) is 0. The van der Waals surface area contributed by atoms with Crippen LogP contribution in [0.4, 0.5) is 0 Å². The van der Waals surface area contributed by atoms with Crippen molar-refractivity contribution in [1.82, 2.24) is 10.2 Å². The van der Waals surface area contributed by atoms with Gasteiger partial charge in [0.15, 0.2) is 5.11 Å². The Kier molecular flexibility index (Phi) is 2.20. The molecule has 2 N–H and O–H groups in total. The van der Waals surface area contributed by atoms with Crippen LogP contribution in [-0.2, 0) is 0 Å². The zero-order valence-corrected chi connectivity index (χ0v) is 8.73. The van der Waals surface area contributed by atoms with Crippen molar-refractivity contribution in [3.05, 3.63) is 0 Å². The number of thiocarbonyl (C=S) groups is 1. The van der Waals surface area contributed by atoms with Gasteiger partial charge in [-0.25, -0.2) is 0 Å². The van der Waals surface area contributed by atoms with E-state index in [2.05, 4.69) is 17.1 Å². The van der Waals surface area contributed by atoms with Gasteiger partial charge in [-0.15, -0.1) is 0 Å². The van der Waals surface area contributed by atoms with Gasteiger partial charge < -0.3 is 15.3 Å². The average molecular weight is 200 g/mol. The van der Waals surface area contributed by atoms with Crippen molar-refractivity contribution >= 4 is 17.3 Å². The molecule has 1 aliphatic heterocycles. The third kappa shape index (κ3) is 2.11. The first-order chi connectivity index (χ1) is 6.09. The minimum absolute atomic E-state index is 0.188. The van der Waals surface area contributed by atoms with E-state index >= 15 is 0 Å². The van der Waals surface area contributed by atoms with Crippen LogP contribution in [0.5, 0.6) is 0 Å². The van der Waals surface area contributed by atoms with Crippen LogP contribution in [-0.4, -0.2) is 39.9 Å². The van der Waals surface area contributed by atoms with Gasteiger partial charge in [0, 0.05) is 18.6 Å². The number of likely N-dealkylation sites (tertiary alicyclic amines) is 1. The number of hydrogen-bond donors (Lipinski definition) is 2. The highest BCUT2D eigenvalue weighted by Crippen LogP contribution is 2.34. The third-order valence-electron chi connectivity index (χ3n) is 2.86. The van der Waals surface area contributed by atoms with Gasteiger partial charge in [0.2, 0.25) is 0 Å². The van der Waals surface area contributed by atoms with Crippen molar-refractivity contribution in [1.29, 1.82) is 0 Å². The maximum atomic E-state index is 9.33. The van der Waals surface area contributed by atoms with Crippen molar-refractivity contribution in [2.24, 2.45) is 0 Å². The lowest BCUT2D eigenvalue weighted by atomic mass is 10.3. The number of aliphatic hydroxyl groups is 1. The molecule has 0 unspecified atom stereocenters. The lowest BCUT2D eigenvalue weighted by Gasteiger charge is -2.23. The molecule has 0 aromatic carbocycles. The van der Waals surface area contributed by atoms with Gasteiger partial charge in [0.1, 0.15) is 0 Å². The molecule has 0 aromatic rings. The molecule has 2 fully saturated rings. The van der Waals surface area contributed by atoms with E-state index in [0.29, 0.717) is 6.54 Å². The van der Waals surface area contributed by atoms with E-state index in [1.54, 1.807) is 0 Å². The maximum Gasteiger partial charge on any atom is 0.169 e. The summed E-state index contributed by atoms with van der Waals surface area (Å²) in [6.45, 7) is 3.77. The normalized spacial score (nSPS) is 30.3. The minimum atomic E-state index is -0.188. The summed E-state index contributed by atoms with van der Waals surface area (Å²) in [5, 5.41) is 13.5. The van der Waals surface area contributed by atoms with Gasteiger partial charge >= 0.3 is 0 Å². The first kappa shape index (κ1) is 9.21. The van der Waals surface area contributed by atoms with Crippen LogP contribution < -0.4 is 5.32 Å². The molecule has 0 radical (unpaired) electrons. The second kappa shape index (κ2) is 3.10. The summed E-state index contributed by atoms with van der Waals surface area (Å²) < 4.78 is 0. The molecule has 0 spiro atoms. The Morgan fingerprint density at radius 3 is 2.77 bits per heavy atom. The Hall–Kier alpha value is -0.350. The summed E-state index contributed by atoms with van der Waals surface area (Å²) in [7, 11) is 0. The van der Waals surface area contributed by atoms with Gasteiger partial charge in [0.25, 0.3) is 0 Å². The fraction of sp³-hybridized carbons (Fsp3) is 0.889. The molecule has 2 aliphatic rings. The number of nitrogens with one attached hydrogen (secondary N) is 1. The van der Waals surface area contributed by atoms with Gasteiger partial charge in [-0.3, -0.25) is 0 Å². The van der Waals surface area contributed by atoms with Crippen molar-refractivity contribution < 1.29 is 5.11 Å². The molecule has 1 aliphatic carbocycles. The van der Waals surface area contributed by atoms with E-state index in [-0.39, 0.29) is 11.6 Å². The molecule has 74 valence electrons. The molecule has 2 rings (SSSR count). The predicted molar refractivity (Wildman–Crippen MR) is 55.6 cm³/mol. The summed E-state index contributed by atoms with van der Waals surface area (Å²) in [6.07, 6.45) is 3.08. The van der Waals surface area contributed by atoms with Crippen LogP contribution in [0.1, 0.15) is 26.2 Å². The molecule has 13 heavy (non-hydrogen) atoms. The van der Waals surface area contributed by atoms with Crippen LogP contribution in [0, 0.1) is 0 Å². The molecule has 0 bridgehead atoms. The lowest BCUT2D eigenvalue weighted by Crippen LogP contribution is -2.44. The number of hydrogen-bond acceptors (Lipinski definition) is 2. The highest BCUT2D eigenvalue weighted by atomic mass is 32.1. The van der Waals surface area contributed by atoms with Crippen molar-refractivity contribution in [3.63, 3.8) is 0 Å². The van der Waals surface area contributed by atoms with Crippen molar-refractivity contribution in [2.75, 3.05) is 13.1 Å². The molecular weight excluding hydrogens is 184 g/mol. The highest BCUT2D eigenvalue weighted by molar-refractivity contribution is 7.80. The number of β-amino-alcohol motifs (C(OH)–C–C–N with tert-alkyl or cyclic N) is 1. The van der Waals surface area contributed by atoms with Crippen molar-refractivity contribution in [2.45, 2.75) is 37.8 Å². The van der Waals surface area contributed by atoms with Crippen LogP contribution in [0.2, 0.25) is 0 Å². The Labute approximate surface area is 84.1 Å². The second-order valence-electron chi connectivity index (χ2n) is 4.38. The molecule has 0 amide bonds. The van der Waals surface area contributed by atoms with Gasteiger partial charge in [-0.1, -0.05) is 0 Å². The molecule has 0 aromatic heterocycles. The Morgan fingerprint density at radius 1 is 1.62 bits per heavy atom. The Morgan fingerprint density at radius 2 is 2.31 bits per heavy atom. The standard InChI is InChI=1S/C9H16N2OS/c1-9(3-4-9)10-8(13)11-5-2-7(12)6-11/h7,12H,2-6H2,1H3,(H,10,13)/t7-/m1/s1. The smallest absolute Gasteiger partial charge is 0.169 e. The number of rotatable bonds is 1. The first-order valence-electron chi connectivity index (χ1n) is 4.84. The predicted octanol–water partition coefficient (Wildman–Crippen LogP) is 0.480. The fourth-order valence-electron chi connectivity index (χ4n) is 1.58. The quantitative estimate of drug-likeness (QED) is 0.604. The summed E-state index contributed by atoms with van der Waals surface area (Å²) in [5.41, 5.74) is 0.255. The van der Waals surface area contributed by atoms with E-state index in [4.69, 9.17) is 12.2 Å². The summed E-state index contributed by atoms with van der Waals surface area (Å²) in [4.78, 5) is 2.06. The Balaban J connectivity index is 1.83. The second-order valence-corrected chi connectivity index (χ2v) is 4.77. The van der Waals surface area contributed by atoms with E-state index in [0.717, 1.165) is 18.1 Å². The Bertz CT molecular complexity index is 228. The third-order valence-corrected chi connectivity index (χ3v) is 3.22. The molecule has 1 heterocycles. The molecule has 1 atom stereocenters. The SMILES string of the molecule is CC1(NC(=S)N2CC[C@@H](O)C2)CC1. The van der Waals surface area contributed by atoms with Gasteiger partial charge in [0.05, 0.1) is 6.10 Å². The highest BCUT2D eigenvalue weighted by Gasteiger charge is 2.39. The van der Waals surface area contributed by atoms with Crippen LogP contribution in [0.3, 0.4) is 0 Å². The van der Waals surface area contributed by atoms with Gasteiger partial charge in [-0.05, 0) is 38.4 Å². The summed E-state index contributed by atoms with van der Waals surface area (Å²) >= 11 is 5.26. The molecular formula is C9H16N2OS. The molecule has 1 saturated heterocycles. The molecule has 3 nitrogen and oxygen atoms in total. The number of nitrogens with zero attached hydrogens (tertiary/aromatic N) is 1. The molecule has 4 heteroatoms. The van der Waals surface area contributed by atoms with Crippen LogP contribution in [0.25, 0.3) is 0 Å². The first-order valence-corrected chi connectivity index (χ1v) is 5.25. The topological polar surface area (TPSA) is 35.5 Å². The van der Waals surface area contributed by atoms with Crippen LogP contribution in [0.15, 0.2) is 0 Å². The van der Waals surface area contributed by atoms with E-state index in [1.165, 1.54) is 12.8 Å². The monoisotopic (exact) mass is 200 g/mol. The average Bonchev–Trinajstić information content (AvgIpc) is 2.62. The number of aliphatic hydroxyl groups excluding tert-OH is 1. The van der Waals surface area contributed by atoms with E-state index in [9.17, 15) is 5.11 Å². The van der Waals surface area contributed by atoms with E-state index < -0.39 is 0 Å². The molecule has 1 saturated carbocycles. The van der Waals surface area contributed by atoms with E-state index in [1.807, 2.05) is 0 Å². The van der Waals surface area contributed by atoms with Crippen molar-refractivity contribution in [3.8, 4) is 0 Å². The fourth-order valence-corrected chi connectivity index (χ4v) is 1.99. The zero-order chi connectivity index (χ0) is 9.47. The zero-order valence-electron chi connectivity index (χ0n) is 7.92. The lowest BCUT2D eigenvalue weighted by molar-refractivity contribution is 0.188. The van der Waals surface area contributed by atoms with Crippen LogP contribution >= 0.6 is 12.2 Å². The van der Waals surface area contributed by atoms with Gasteiger partial charge in [-0.2, -0.15) is 0 Å². The largest absolute Gasteiger partial charge is 0.391 e.